The van der Waals surface area contributed by atoms with E-state index in [9.17, 15) is 9.59 Å². The average Bonchev–Trinajstić information content (AvgIpc) is 2.62. The molecule has 0 unspecified atom stereocenters. The first-order valence-corrected chi connectivity index (χ1v) is 8.40. The van der Waals surface area contributed by atoms with Gasteiger partial charge < -0.3 is 21.3 Å². The minimum absolute atomic E-state index is 0.0132. The lowest BCUT2D eigenvalue weighted by Gasteiger charge is -2.18. The predicted octanol–water partition coefficient (Wildman–Crippen LogP) is 3.80. The molecule has 0 aromatic heterocycles. The first-order chi connectivity index (χ1) is 12.2. The van der Waals surface area contributed by atoms with Crippen molar-refractivity contribution >= 4 is 23.4 Å². The molecule has 2 aromatic carbocycles. The molecule has 0 saturated heterocycles. The van der Waals surface area contributed by atoms with Crippen LogP contribution in [0.3, 0.4) is 0 Å². The second-order valence-electron chi connectivity index (χ2n) is 5.61. The molecule has 0 aliphatic rings. The maximum absolute atomic E-state index is 12.0. The zero-order chi connectivity index (χ0) is 17.9. The molecule has 0 aliphatic heterocycles. The van der Waals surface area contributed by atoms with Crippen molar-refractivity contribution in [3.63, 3.8) is 0 Å². The molecule has 0 aliphatic carbocycles. The second kappa shape index (κ2) is 9.97. The summed E-state index contributed by atoms with van der Waals surface area (Å²) in [5, 5.41) is 11.3. The Morgan fingerprint density at radius 1 is 0.840 bits per heavy atom. The van der Waals surface area contributed by atoms with Gasteiger partial charge >= 0.3 is 12.1 Å². The molecule has 2 rings (SSSR count). The van der Waals surface area contributed by atoms with E-state index >= 15 is 0 Å². The summed E-state index contributed by atoms with van der Waals surface area (Å²) >= 11 is 0. The van der Waals surface area contributed by atoms with Gasteiger partial charge in [-0.25, -0.2) is 9.59 Å². The third-order valence-corrected chi connectivity index (χ3v) is 3.67. The van der Waals surface area contributed by atoms with E-state index in [-0.39, 0.29) is 18.1 Å². The Bertz CT molecular complexity index is 662. The number of amides is 4. The number of hydrogen-bond donors (Lipinski definition) is 4. The molecule has 6 nitrogen and oxygen atoms in total. The summed E-state index contributed by atoms with van der Waals surface area (Å²) in [7, 11) is 0. The minimum atomic E-state index is -0.255. The van der Waals surface area contributed by atoms with Gasteiger partial charge in [0.1, 0.15) is 0 Å². The van der Waals surface area contributed by atoms with E-state index < -0.39 is 0 Å². The molecule has 25 heavy (non-hydrogen) atoms. The highest BCUT2D eigenvalue weighted by Gasteiger charge is 2.11. The summed E-state index contributed by atoms with van der Waals surface area (Å²) in [5.74, 6) is 0. The fraction of sp³-hybridized carbons (Fsp3) is 0.263. The molecule has 0 bridgehead atoms. The van der Waals surface area contributed by atoms with Gasteiger partial charge in [-0.15, -0.1) is 0 Å². The van der Waals surface area contributed by atoms with E-state index in [1.807, 2.05) is 67.6 Å². The van der Waals surface area contributed by atoms with Crippen LogP contribution in [0.15, 0.2) is 60.7 Å². The standard InChI is InChI=1S/C19H24N4O2/c1-2-15(21-19(25)23-17-11-7-4-8-12-17)13-14-20-18(24)22-16-9-5-3-6-10-16/h3-12,15H,2,13-14H2,1H3,(H2,20,22,24)(H2,21,23,25)/t15-/m1/s1. The third kappa shape index (κ3) is 6.95. The van der Waals surface area contributed by atoms with Crippen molar-refractivity contribution in [1.29, 1.82) is 0 Å². The monoisotopic (exact) mass is 340 g/mol. The number of benzene rings is 2. The van der Waals surface area contributed by atoms with Crippen molar-refractivity contribution in [2.45, 2.75) is 25.8 Å². The van der Waals surface area contributed by atoms with Crippen LogP contribution in [0.4, 0.5) is 21.0 Å². The van der Waals surface area contributed by atoms with Crippen LogP contribution in [0.1, 0.15) is 19.8 Å². The largest absolute Gasteiger partial charge is 0.338 e. The number of anilines is 2. The van der Waals surface area contributed by atoms with Gasteiger partial charge in [-0.05, 0) is 37.1 Å². The van der Waals surface area contributed by atoms with Crippen LogP contribution in [0.5, 0.6) is 0 Å². The van der Waals surface area contributed by atoms with E-state index in [2.05, 4.69) is 21.3 Å². The molecule has 4 N–H and O–H groups in total. The Labute approximate surface area is 148 Å². The Morgan fingerprint density at radius 3 is 1.88 bits per heavy atom. The van der Waals surface area contributed by atoms with Gasteiger partial charge in [-0.2, -0.15) is 0 Å². The topological polar surface area (TPSA) is 82.3 Å². The summed E-state index contributed by atoms with van der Waals surface area (Å²) in [6, 6.07) is 18.0. The highest BCUT2D eigenvalue weighted by molar-refractivity contribution is 5.90. The van der Waals surface area contributed by atoms with Gasteiger partial charge in [0, 0.05) is 24.0 Å². The molecule has 0 radical (unpaired) electrons. The number of rotatable bonds is 7. The van der Waals surface area contributed by atoms with Gasteiger partial charge in [0.15, 0.2) is 0 Å². The fourth-order valence-corrected chi connectivity index (χ4v) is 2.31. The molecular weight excluding hydrogens is 316 g/mol. The van der Waals surface area contributed by atoms with Crippen molar-refractivity contribution < 1.29 is 9.59 Å². The van der Waals surface area contributed by atoms with Crippen molar-refractivity contribution in [1.82, 2.24) is 10.6 Å². The first-order valence-electron chi connectivity index (χ1n) is 8.40. The summed E-state index contributed by atoms with van der Waals surface area (Å²) in [6.45, 7) is 2.47. The number of hydrogen-bond acceptors (Lipinski definition) is 2. The number of carbonyl (C=O) groups excluding carboxylic acids is 2. The average molecular weight is 340 g/mol. The first kappa shape index (κ1) is 18.3. The van der Waals surface area contributed by atoms with Crippen LogP contribution in [0.25, 0.3) is 0 Å². The molecule has 1 atom stereocenters. The normalized spacial score (nSPS) is 11.2. The van der Waals surface area contributed by atoms with Crippen LogP contribution in [0.2, 0.25) is 0 Å². The number of urea groups is 2. The summed E-state index contributed by atoms with van der Waals surface area (Å²) in [4.78, 5) is 23.8. The summed E-state index contributed by atoms with van der Waals surface area (Å²) < 4.78 is 0. The predicted molar refractivity (Wildman–Crippen MR) is 101 cm³/mol. The maximum atomic E-state index is 12.0. The van der Waals surface area contributed by atoms with Crippen molar-refractivity contribution in [3.8, 4) is 0 Å². The van der Waals surface area contributed by atoms with Crippen LogP contribution < -0.4 is 21.3 Å². The molecule has 0 heterocycles. The Hall–Kier alpha value is -3.02. The molecule has 2 aromatic rings. The van der Waals surface area contributed by atoms with E-state index in [0.29, 0.717) is 13.0 Å². The summed E-state index contributed by atoms with van der Waals surface area (Å²) in [6.07, 6.45) is 1.44. The maximum Gasteiger partial charge on any atom is 0.319 e. The molecule has 4 amide bonds. The van der Waals surface area contributed by atoms with Crippen LogP contribution in [-0.4, -0.2) is 24.6 Å². The fourth-order valence-electron chi connectivity index (χ4n) is 2.31. The van der Waals surface area contributed by atoms with E-state index in [1.165, 1.54) is 0 Å². The molecular formula is C19H24N4O2. The number of carbonyl (C=O) groups is 2. The molecule has 0 fully saturated rings. The van der Waals surface area contributed by atoms with E-state index in [1.54, 1.807) is 0 Å². The van der Waals surface area contributed by atoms with Gasteiger partial charge in [-0.3, -0.25) is 0 Å². The van der Waals surface area contributed by atoms with Gasteiger partial charge in [0.25, 0.3) is 0 Å². The molecule has 0 saturated carbocycles. The number of nitrogens with one attached hydrogen (secondary N) is 4. The lowest BCUT2D eigenvalue weighted by Crippen LogP contribution is -2.40. The van der Waals surface area contributed by atoms with E-state index in [4.69, 9.17) is 0 Å². The van der Waals surface area contributed by atoms with Crippen molar-refractivity contribution in [2.24, 2.45) is 0 Å². The lowest BCUT2D eigenvalue weighted by molar-refractivity contribution is 0.246. The highest BCUT2D eigenvalue weighted by atomic mass is 16.2. The quantitative estimate of drug-likeness (QED) is 0.618. The second-order valence-corrected chi connectivity index (χ2v) is 5.61. The molecule has 6 heteroatoms. The molecule has 0 spiro atoms. The van der Waals surface area contributed by atoms with Crippen LogP contribution >= 0.6 is 0 Å². The van der Waals surface area contributed by atoms with Crippen LogP contribution in [-0.2, 0) is 0 Å². The van der Waals surface area contributed by atoms with Crippen molar-refractivity contribution in [3.05, 3.63) is 60.7 Å². The minimum Gasteiger partial charge on any atom is -0.338 e. The van der Waals surface area contributed by atoms with Gasteiger partial charge in [0.2, 0.25) is 0 Å². The third-order valence-electron chi connectivity index (χ3n) is 3.67. The Morgan fingerprint density at radius 2 is 1.36 bits per heavy atom. The zero-order valence-electron chi connectivity index (χ0n) is 14.3. The Balaban J connectivity index is 1.69. The SMILES string of the molecule is CC[C@H](CCNC(=O)Nc1ccccc1)NC(=O)Nc1ccccc1. The van der Waals surface area contributed by atoms with Crippen LogP contribution in [0, 0.1) is 0 Å². The number of para-hydroxylation sites is 2. The smallest absolute Gasteiger partial charge is 0.319 e. The van der Waals surface area contributed by atoms with Gasteiger partial charge in [0.05, 0.1) is 0 Å². The molecule has 132 valence electrons. The summed E-state index contributed by atoms with van der Waals surface area (Å²) in [5.41, 5.74) is 1.49. The van der Waals surface area contributed by atoms with Crippen molar-refractivity contribution in [2.75, 3.05) is 17.2 Å². The Kier molecular flexibility index (Phi) is 7.31. The van der Waals surface area contributed by atoms with E-state index in [0.717, 1.165) is 17.8 Å². The zero-order valence-corrected chi connectivity index (χ0v) is 14.3. The lowest BCUT2D eigenvalue weighted by atomic mass is 10.1. The van der Waals surface area contributed by atoms with Gasteiger partial charge in [-0.1, -0.05) is 43.3 Å². The highest BCUT2D eigenvalue weighted by Crippen LogP contribution is 2.06.